The Morgan fingerprint density at radius 3 is 2.23 bits per heavy atom. The van der Waals surface area contributed by atoms with Gasteiger partial charge in [0.2, 0.25) is 0 Å². The van der Waals surface area contributed by atoms with Crippen LogP contribution in [0.3, 0.4) is 0 Å². The minimum atomic E-state index is -0.144. The molecule has 0 atom stereocenters. The molecule has 3 rings (SSSR count). The summed E-state index contributed by atoms with van der Waals surface area (Å²) in [5.74, 6) is -0.144. The molecule has 138 valence electrons. The zero-order chi connectivity index (χ0) is 17.0. The lowest BCUT2D eigenvalue weighted by molar-refractivity contribution is -0.697. The molecular weight excluding hydrogens is 369 g/mol. The summed E-state index contributed by atoms with van der Waals surface area (Å²) in [6.07, 6.45) is 8.55. The normalized spacial score (nSPS) is 8.81. The standard InChI is InChI=1S/C12H10N2O.C8H12N.2ClH/c15-12(10-5-4-8-13-9-10)14-11-6-2-1-3-7-11;1-2-6-9-7-4-3-5-8-9;;/h1-9H,(H,14,15);3-5,7-8H,2,6H2,1H3;2*1H/q;+1;;/p-1. The van der Waals surface area contributed by atoms with Crippen molar-refractivity contribution in [1.29, 1.82) is 0 Å². The summed E-state index contributed by atoms with van der Waals surface area (Å²) in [7, 11) is 0. The van der Waals surface area contributed by atoms with Gasteiger partial charge in [-0.15, -0.1) is 12.4 Å². The predicted molar refractivity (Wildman–Crippen MR) is 103 cm³/mol. The largest absolute Gasteiger partial charge is 1.00 e. The van der Waals surface area contributed by atoms with Crippen molar-refractivity contribution >= 4 is 24.0 Å². The van der Waals surface area contributed by atoms with Gasteiger partial charge in [0.1, 0.15) is 6.54 Å². The molecule has 1 aromatic carbocycles. The molecule has 3 aromatic rings. The van der Waals surface area contributed by atoms with E-state index in [1.165, 1.54) is 12.6 Å². The first-order valence-electron chi connectivity index (χ1n) is 8.00. The number of carbonyl (C=O) groups excluding carboxylic acids is 1. The van der Waals surface area contributed by atoms with Crippen LogP contribution in [-0.2, 0) is 6.54 Å². The van der Waals surface area contributed by atoms with Crippen LogP contribution < -0.4 is 22.3 Å². The van der Waals surface area contributed by atoms with Crippen molar-refractivity contribution in [3.05, 3.63) is 91.0 Å². The molecule has 0 aliphatic rings. The van der Waals surface area contributed by atoms with Crippen molar-refractivity contribution in [2.24, 2.45) is 0 Å². The van der Waals surface area contributed by atoms with Gasteiger partial charge < -0.3 is 17.7 Å². The minimum Gasteiger partial charge on any atom is -1.00 e. The molecule has 0 fully saturated rings. The van der Waals surface area contributed by atoms with Crippen LogP contribution in [0.2, 0.25) is 0 Å². The van der Waals surface area contributed by atoms with Crippen molar-refractivity contribution < 1.29 is 21.8 Å². The molecule has 0 aliphatic heterocycles. The lowest BCUT2D eigenvalue weighted by atomic mass is 10.2. The van der Waals surface area contributed by atoms with Crippen LogP contribution in [0.5, 0.6) is 0 Å². The van der Waals surface area contributed by atoms with Gasteiger partial charge in [-0.3, -0.25) is 9.78 Å². The smallest absolute Gasteiger partial charge is 0.257 e. The molecular formula is C20H23Cl2N3O. The number of aryl methyl sites for hydroxylation is 1. The molecule has 0 bridgehead atoms. The maximum atomic E-state index is 11.7. The highest BCUT2D eigenvalue weighted by Crippen LogP contribution is 2.07. The summed E-state index contributed by atoms with van der Waals surface area (Å²) in [4.78, 5) is 15.5. The van der Waals surface area contributed by atoms with Crippen LogP contribution in [0.1, 0.15) is 23.7 Å². The molecule has 4 nitrogen and oxygen atoms in total. The van der Waals surface area contributed by atoms with E-state index in [-0.39, 0.29) is 30.7 Å². The monoisotopic (exact) mass is 391 g/mol. The van der Waals surface area contributed by atoms with E-state index < -0.39 is 0 Å². The van der Waals surface area contributed by atoms with Gasteiger partial charge in [0, 0.05) is 36.6 Å². The van der Waals surface area contributed by atoms with E-state index in [9.17, 15) is 4.79 Å². The number of hydrogen-bond acceptors (Lipinski definition) is 2. The number of nitrogens with zero attached hydrogens (tertiary/aromatic N) is 2. The predicted octanol–water partition coefficient (Wildman–Crippen LogP) is 1.14. The molecule has 26 heavy (non-hydrogen) atoms. The number of halogens is 2. The van der Waals surface area contributed by atoms with Crippen LogP contribution in [0.15, 0.2) is 85.5 Å². The fourth-order valence-corrected chi connectivity index (χ4v) is 2.06. The molecule has 0 radical (unpaired) electrons. The Kier molecular flexibility index (Phi) is 12.5. The van der Waals surface area contributed by atoms with Crippen molar-refractivity contribution in [1.82, 2.24) is 4.98 Å². The summed E-state index contributed by atoms with van der Waals surface area (Å²) < 4.78 is 2.18. The number of carbonyl (C=O) groups is 1. The van der Waals surface area contributed by atoms with Gasteiger partial charge in [-0.1, -0.05) is 31.2 Å². The van der Waals surface area contributed by atoms with E-state index in [4.69, 9.17) is 0 Å². The lowest BCUT2D eigenvalue weighted by Crippen LogP contribution is -3.00. The number of anilines is 1. The minimum absolute atomic E-state index is 0. The molecule has 0 spiro atoms. The molecule has 0 saturated carbocycles. The summed E-state index contributed by atoms with van der Waals surface area (Å²) in [5.41, 5.74) is 1.34. The Morgan fingerprint density at radius 1 is 1.00 bits per heavy atom. The van der Waals surface area contributed by atoms with Gasteiger partial charge in [-0.2, -0.15) is 0 Å². The van der Waals surface area contributed by atoms with Gasteiger partial charge in [0.15, 0.2) is 12.4 Å². The Balaban J connectivity index is 0.000000496. The number of aromatic nitrogens is 2. The average Bonchev–Trinajstić information content (AvgIpc) is 2.65. The van der Waals surface area contributed by atoms with Gasteiger partial charge in [-0.25, -0.2) is 4.57 Å². The third-order valence-corrected chi connectivity index (χ3v) is 3.21. The zero-order valence-corrected chi connectivity index (χ0v) is 16.2. The summed E-state index contributed by atoms with van der Waals surface area (Å²) in [6.45, 7) is 3.31. The maximum Gasteiger partial charge on any atom is 0.257 e. The van der Waals surface area contributed by atoms with Crippen molar-refractivity contribution in [2.75, 3.05) is 5.32 Å². The van der Waals surface area contributed by atoms with Crippen LogP contribution in [-0.4, -0.2) is 10.9 Å². The Labute approximate surface area is 167 Å². The highest BCUT2D eigenvalue weighted by molar-refractivity contribution is 6.03. The van der Waals surface area contributed by atoms with E-state index in [2.05, 4.69) is 46.3 Å². The number of nitrogens with one attached hydrogen (secondary N) is 1. The molecule has 2 aromatic heterocycles. The quantitative estimate of drug-likeness (QED) is 0.677. The van der Waals surface area contributed by atoms with Crippen LogP contribution >= 0.6 is 12.4 Å². The first-order chi connectivity index (χ1) is 11.8. The molecule has 6 heteroatoms. The number of rotatable bonds is 4. The number of benzene rings is 1. The van der Waals surface area contributed by atoms with E-state index >= 15 is 0 Å². The van der Waals surface area contributed by atoms with Crippen LogP contribution in [0, 0.1) is 0 Å². The maximum absolute atomic E-state index is 11.7. The second-order valence-corrected chi connectivity index (χ2v) is 5.18. The average molecular weight is 392 g/mol. The molecule has 0 aliphatic carbocycles. The van der Waals surface area contributed by atoms with Gasteiger partial charge in [0.05, 0.1) is 5.56 Å². The Morgan fingerprint density at radius 2 is 1.65 bits per heavy atom. The number of amides is 1. The lowest BCUT2D eigenvalue weighted by Gasteiger charge is -2.03. The van der Waals surface area contributed by atoms with Crippen molar-refractivity contribution in [2.45, 2.75) is 19.9 Å². The second kappa shape index (κ2) is 13.8. The zero-order valence-electron chi connectivity index (χ0n) is 14.6. The topological polar surface area (TPSA) is 45.9 Å². The first-order valence-corrected chi connectivity index (χ1v) is 8.00. The highest BCUT2D eigenvalue weighted by atomic mass is 35.5. The fraction of sp³-hybridized carbons (Fsp3) is 0.150. The highest BCUT2D eigenvalue weighted by Gasteiger charge is 2.04. The molecule has 1 amide bonds. The van der Waals surface area contributed by atoms with Crippen LogP contribution in [0.25, 0.3) is 0 Å². The molecule has 1 N–H and O–H groups in total. The van der Waals surface area contributed by atoms with Crippen molar-refractivity contribution in [3.63, 3.8) is 0 Å². The Hall–Kier alpha value is -2.43. The third-order valence-electron chi connectivity index (χ3n) is 3.21. The van der Waals surface area contributed by atoms with E-state index in [0.29, 0.717) is 5.56 Å². The fourth-order valence-electron chi connectivity index (χ4n) is 2.06. The molecule has 2 heterocycles. The summed E-state index contributed by atoms with van der Waals surface area (Å²) in [5, 5.41) is 2.78. The third kappa shape index (κ3) is 8.60. The Bertz CT molecular complexity index is 726. The van der Waals surface area contributed by atoms with Crippen molar-refractivity contribution in [3.8, 4) is 0 Å². The molecule has 0 unspecified atom stereocenters. The number of pyridine rings is 2. The number of hydrogen-bond donors (Lipinski definition) is 1. The van der Waals surface area contributed by atoms with Gasteiger partial charge in [-0.05, 0) is 24.3 Å². The second-order valence-electron chi connectivity index (χ2n) is 5.18. The summed E-state index contributed by atoms with van der Waals surface area (Å²) >= 11 is 0. The van der Waals surface area contributed by atoms with E-state index in [0.717, 1.165) is 12.2 Å². The van der Waals surface area contributed by atoms with E-state index in [1.807, 2.05) is 36.4 Å². The number of para-hydroxylation sites is 1. The SMILES string of the molecule is CCC[n+]1ccccc1.Cl.O=C(Nc1ccccc1)c1cccnc1.[Cl-]. The summed E-state index contributed by atoms with van der Waals surface area (Å²) in [6, 6.07) is 18.9. The first kappa shape index (κ1) is 23.6. The van der Waals surface area contributed by atoms with Gasteiger partial charge in [0.25, 0.3) is 5.91 Å². The van der Waals surface area contributed by atoms with Gasteiger partial charge >= 0.3 is 0 Å². The molecule has 0 saturated heterocycles. The van der Waals surface area contributed by atoms with Crippen LogP contribution in [0.4, 0.5) is 5.69 Å². The van der Waals surface area contributed by atoms with E-state index in [1.54, 1.807) is 18.3 Å².